The van der Waals surface area contributed by atoms with Crippen molar-refractivity contribution in [1.82, 2.24) is 0 Å². The van der Waals surface area contributed by atoms with Crippen LogP contribution in [0.4, 0.5) is 5.69 Å². The second-order valence-corrected chi connectivity index (χ2v) is 9.91. The standard InChI is InChI=1S/C12H20NPS2/c1-3-10-15-14(16-11-4-2)13-12-8-6-5-7-9-12/h5-9,13H,3-4,10-11H2,1-2H3. The molecular weight excluding hydrogens is 253 g/mol. The second-order valence-electron chi connectivity index (χ2n) is 3.40. The highest BCUT2D eigenvalue weighted by molar-refractivity contribution is 8.88. The van der Waals surface area contributed by atoms with Gasteiger partial charge >= 0.3 is 0 Å². The summed E-state index contributed by atoms with van der Waals surface area (Å²) in [6, 6.07) is 10.5. The fourth-order valence-electron chi connectivity index (χ4n) is 1.07. The van der Waals surface area contributed by atoms with Crippen molar-refractivity contribution in [2.45, 2.75) is 26.7 Å². The van der Waals surface area contributed by atoms with Crippen LogP contribution in [-0.4, -0.2) is 11.5 Å². The zero-order chi connectivity index (χ0) is 11.6. The van der Waals surface area contributed by atoms with Crippen molar-refractivity contribution in [2.24, 2.45) is 0 Å². The van der Waals surface area contributed by atoms with E-state index in [2.05, 4.69) is 72.0 Å². The third-order valence-corrected chi connectivity index (χ3v) is 8.86. The lowest BCUT2D eigenvalue weighted by Crippen LogP contribution is -1.88. The molecule has 0 aliphatic heterocycles. The highest BCUT2D eigenvalue weighted by atomic mass is 33.1. The van der Waals surface area contributed by atoms with E-state index < -0.39 is 0 Å². The maximum atomic E-state index is 3.64. The lowest BCUT2D eigenvalue weighted by atomic mass is 10.3. The number of hydrogen-bond acceptors (Lipinski definition) is 3. The minimum Gasteiger partial charge on any atom is -0.348 e. The van der Waals surface area contributed by atoms with Gasteiger partial charge < -0.3 is 5.09 Å². The van der Waals surface area contributed by atoms with Gasteiger partial charge in [-0.15, -0.1) is 22.8 Å². The largest absolute Gasteiger partial charge is 0.348 e. The number of nitrogens with one attached hydrogen (secondary N) is 1. The van der Waals surface area contributed by atoms with E-state index in [4.69, 9.17) is 0 Å². The highest BCUT2D eigenvalue weighted by Crippen LogP contribution is 2.60. The molecule has 1 rings (SSSR count). The minimum atomic E-state index is -0.165. The molecule has 0 saturated heterocycles. The van der Waals surface area contributed by atoms with Crippen molar-refractivity contribution in [2.75, 3.05) is 16.6 Å². The summed E-state index contributed by atoms with van der Waals surface area (Å²) in [5, 5.41) is 3.64. The van der Waals surface area contributed by atoms with E-state index in [1.54, 1.807) is 0 Å². The molecule has 1 aromatic carbocycles. The van der Waals surface area contributed by atoms with Crippen LogP contribution in [0, 0.1) is 0 Å². The molecule has 0 fully saturated rings. The quantitative estimate of drug-likeness (QED) is 0.618. The van der Waals surface area contributed by atoms with Gasteiger partial charge in [-0.25, -0.2) is 0 Å². The molecule has 0 aliphatic rings. The van der Waals surface area contributed by atoms with Gasteiger partial charge in [-0.1, -0.05) is 32.0 Å². The first kappa shape index (κ1) is 14.2. The van der Waals surface area contributed by atoms with Crippen LogP contribution < -0.4 is 5.09 Å². The predicted octanol–water partition coefficient (Wildman–Crippen LogP) is 5.61. The van der Waals surface area contributed by atoms with Crippen LogP contribution in [0.5, 0.6) is 0 Å². The fraction of sp³-hybridized carbons (Fsp3) is 0.500. The van der Waals surface area contributed by atoms with Gasteiger partial charge in [0.05, 0.1) is 0 Å². The van der Waals surface area contributed by atoms with E-state index in [0.29, 0.717) is 0 Å². The summed E-state index contributed by atoms with van der Waals surface area (Å²) in [7, 11) is 0. The molecule has 0 unspecified atom stereocenters. The fourth-order valence-corrected chi connectivity index (χ4v) is 7.67. The maximum Gasteiger partial charge on any atom is 0.112 e. The van der Waals surface area contributed by atoms with E-state index in [1.165, 1.54) is 30.0 Å². The molecule has 0 radical (unpaired) electrons. The Bertz CT molecular complexity index is 261. The normalized spacial score (nSPS) is 10.7. The Morgan fingerprint density at radius 2 is 1.56 bits per heavy atom. The lowest BCUT2D eigenvalue weighted by Gasteiger charge is -2.17. The molecule has 0 heterocycles. The lowest BCUT2D eigenvalue weighted by molar-refractivity contribution is 1.11. The Balaban J connectivity index is 2.42. The average molecular weight is 273 g/mol. The third-order valence-electron chi connectivity index (χ3n) is 1.82. The van der Waals surface area contributed by atoms with E-state index in [0.717, 1.165) is 0 Å². The molecule has 16 heavy (non-hydrogen) atoms. The van der Waals surface area contributed by atoms with Gasteiger partial charge in [-0.2, -0.15) is 0 Å². The van der Waals surface area contributed by atoms with Crippen LogP contribution in [-0.2, 0) is 0 Å². The van der Waals surface area contributed by atoms with Gasteiger partial charge in [0, 0.05) is 5.69 Å². The third kappa shape index (κ3) is 6.03. The molecule has 0 bridgehead atoms. The molecular formula is C12H20NPS2. The summed E-state index contributed by atoms with van der Waals surface area (Å²) in [6.45, 7) is 4.32. The number of hydrogen-bond donors (Lipinski definition) is 1. The molecule has 0 saturated carbocycles. The summed E-state index contributed by atoms with van der Waals surface area (Å²) in [4.78, 5) is 0. The van der Waals surface area contributed by atoms with Crippen LogP contribution in [0.2, 0.25) is 0 Å². The second kappa shape index (κ2) is 9.21. The molecule has 1 N–H and O–H groups in total. The topological polar surface area (TPSA) is 12.0 Å². The van der Waals surface area contributed by atoms with Crippen LogP contribution >= 0.6 is 29.2 Å². The zero-order valence-corrected chi connectivity index (χ0v) is 12.5. The number of para-hydroxylation sites is 1. The van der Waals surface area contributed by atoms with Crippen LogP contribution in [0.1, 0.15) is 26.7 Å². The molecule has 1 nitrogen and oxygen atoms in total. The zero-order valence-electron chi connectivity index (χ0n) is 9.98. The van der Waals surface area contributed by atoms with Crippen LogP contribution in [0.15, 0.2) is 30.3 Å². The number of anilines is 1. The number of rotatable bonds is 8. The summed E-state index contributed by atoms with van der Waals surface area (Å²) in [6.07, 6.45) is 2.51. The number of benzene rings is 1. The monoisotopic (exact) mass is 273 g/mol. The van der Waals surface area contributed by atoms with Crippen molar-refractivity contribution < 1.29 is 0 Å². The first-order valence-corrected chi connectivity index (χ1v) is 10.3. The van der Waals surface area contributed by atoms with Gasteiger partial charge in [0.15, 0.2) is 0 Å². The van der Waals surface area contributed by atoms with Crippen molar-refractivity contribution in [1.29, 1.82) is 0 Å². The highest BCUT2D eigenvalue weighted by Gasteiger charge is 2.08. The van der Waals surface area contributed by atoms with Crippen LogP contribution in [0.3, 0.4) is 0 Å². The Labute approximate surface area is 108 Å². The smallest absolute Gasteiger partial charge is 0.112 e. The van der Waals surface area contributed by atoms with Crippen molar-refractivity contribution in [3.8, 4) is 0 Å². The molecule has 4 heteroatoms. The SMILES string of the molecule is CCCSP(Nc1ccccc1)SCCC. The van der Waals surface area contributed by atoms with E-state index in [1.807, 2.05) is 0 Å². The average Bonchev–Trinajstić information content (AvgIpc) is 2.34. The molecule has 90 valence electrons. The molecule has 0 aliphatic carbocycles. The summed E-state index contributed by atoms with van der Waals surface area (Å²) < 4.78 is 0. The predicted molar refractivity (Wildman–Crippen MR) is 82.5 cm³/mol. The first-order chi connectivity index (χ1) is 7.86. The summed E-state index contributed by atoms with van der Waals surface area (Å²) >= 11 is 4.15. The minimum absolute atomic E-state index is 0.165. The van der Waals surface area contributed by atoms with Crippen molar-refractivity contribution >= 4 is 34.9 Å². The van der Waals surface area contributed by atoms with Crippen molar-refractivity contribution in [3.63, 3.8) is 0 Å². The molecule has 0 atom stereocenters. The van der Waals surface area contributed by atoms with E-state index >= 15 is 0 Å². The van der Waals surface area contributed by atoms with Gasteiger partial charge in [-0.3, -0.25) is 0 Å². The molecule has 1 aromatic rings. The summed E-state index contributed by atoms with van der Waals surface area (Å²) in [5.41, 5.74) is 1.25. The van der Waals surface area contributed by atoms with Crippen LogP contribution in [0.25, 0.3) is 0 Å². The Morgan fingerprint density at radius 1 is 1.00 bits per heavy atom. The van der Waals surface area contributed by atoms with E-state index in [-0.39, 0.29) is 6.48 Å². The van der Waals surface area contributed by atoms with Gasteiger partial charge in [0.2, 0.25) is 0 Å². The van der Waals surface area contributed by atoms with Gasteiger partial charge in [-0.05, 0) is 36.5 Å². The van der Waals surface area contributed by atoms with Gasteiger partial charge in [0.1, 0.15) is 6.48 Å². The maximum absolute atomic E-state index is 3.64. The molecule has 0 aromatic heterocycles. The summed E-state index contributed by atoms with van der Waals surface area (Å²) in [5.74, 6) is 2.50. The van der Waals surface area contributed by atoms with Gasteiger partial charge in [0.25, 0.3) is 0 Å². The Hall–Kier alpha value is 0.150. The molecule has 0 amide bonds. The Morgan fingerprint density at radius 3 is 2.06 bits per heavy atom. The van der Waals surface area contributed by atoms with Crippen molar-refractivity contribution in [3.05, 3.63) is 30.3 Å². The van der Waals surface area contributed by atoms with E-state index in [9.17, 15) is 0 Å². The first-order valence-electron chi connectivity index (χ1n) is 5.74. The Kier molecular flexibility index (Phi) is 8.18. The molecule has 0 spiro atoms.